The number of anilines is 1. The van der Waals surface area contributed by atoms with Crippen molar-refractivity contribution in [1.82, 2.24) is 24.1 Å². The highest BCUT2D eigenvalue weighted by molar-refractivity contribution is 6.07. The molecule has 140 valence electrons. The van der Waals surface area contributed by atoms with E-state index < -0.39 is 4.92 Å². The average molecular weight is 377 g/mol. The Kier molecular flexibility index (Phi) is 4.28. The number of carbonyl (C=O) groups excluding carboxylic acids is 1. The number of nitrogens with one attached hydrogen (secondary N) is 1. The Morgan fingerprint density at radius 3 is 2.79 bits per heavy atom. The highest BCUT2D eigenvalue weighted by Gasteiger charge is 2.20. The van der Waals surface area contributed by atoms with Crippen molar-refractivity contribution in [3.8, 4) is 0 Å². The summed E-state index contributed by atoms with van der Waals surface area (Å²) in [6, 6.07) is 7.87. The van der Waals surface area contributed by atoms with E-state index in [2.05, 4.69) is 20.4 Å². The number of rotatable bonds is 6. The number of nitrogens with zero attached hydrogens (tertiary/aromatic N) is 6. The number of hydrogen-bond donors (Lipinski definition) is 1. The van der Waals surface area contributed by atoms with Crippen LogP contribution in [0.4, 0.5) is 11.4 Å². The first-order chi connectivity index (χ1) is 13.5. The molecule has 10 nitrogen and oxygen atoms in total. The molecule has 28 heavy (non-hydrogen) atoms. The van der Waals surface area contributed by atoms with Gasteiger partial charge in [0.05, 0.1) is 23.4 Å². The summed E-state index contributed by atoms with van der Waals surface area (Å²) in [5.74, 6) is -0.164. The highest BCUT2D eigenvalue weighted by atomic mass is 16.6. The summed E-state index contributed by atoms with van der Waals surface area (Å²) in [5, 5.41) is 18.8. The third kappa shape index (κ3) is 3.07. The number of nitro groups is 1. The van der Waals surface area contributed by atoms with Gasteiger partial charge in [-0.15, -0.1) is 0 Å². The molecule has 0 aliphatic heterocycles. The van der Waals surface area contributed by atoms with Crippen molar-refractivity contribution in [2.45, 2.75) is 6.54 Å². The SMILES string of the molecule is Cn1ccnc1C(=O)c1ccc(NCc2ccnc3ccnn23)c([N+](=O)[O-])c1. The normalized spacial score (nSPS) is 10.9. The number of ketones is 1. The van der Waals surface area contributed by atoms with Gasteiger partial charge in [0.25, 0.3) is 5.69 Å². The summed E-state index contributed by atoms with van der Waals surface area (Å²) >= 11 is 0. The standard InChI is InChI=1S/C18H15N7O3/c1-23-9-8-20-18(23)17(26)12-2-3-14(15(10-12)25(27)28)21-11-13-4-6-19-16-5-7-22-24(13)16/h2-10,21H,11H2,1H3. The lowest BCUT2D eigenvalue weighted by molar-refractivity contribution is -0.384. The lowest BCUT2D eigenvalue weighted by atomic mass is 10.1. The molecule has 0 aliphatic carbocycles. The van der Waals surface area contributed by atoms with E-state index in [1.54, 1.807) is 52.9 Å². The summed E-state index contributed by atoms with van der Waals surface area (Å²) in [7, 11) is 1.69. The predicted molar refractivity (Wildman–Crippen MR) is 100 cm³/mol. The molecule has 0 spiro atoms. The monoisotopic (exact) mass is 377 g/mol. The number of hydrogen-bond acceptors (Lipinski definition) is 7. The van der Waals surface area contributed by atoms with Crippen LogP contribution in [0.5, 0.6) is 0 Å². The number of imidazole rings is 1. The van der Waals surface area contributed by atoms with E-state index in [1.165, 1.54) is 18.3 Å². The van der Waals surface area contributed by atoms with E-state index in [4.69, 9.17) is 0 Å². The third-order valence-electron chi connectivity index (χ3n) is 4.31. The first kappa shape index (κ1) is 17.3. The summed E-state index contributed by atoms with van der Waals surface area (Å²) in [4.78, 5) is 31.8. The highest BCUT2D eigenvalue weighted by Crippen LogP contribution is 2.27. The van der Waals surface area contributed by atoms with Crippen molar-refractivity contribution in [2.24, 2.45) is 7.05 Å². The van der Waals surface area contributed by atoms with Gasteiger partial charge in [0.1, 0.15) is 5.69 Å². The van der Waals surface area contributed by atoms with Crippen LogP contribution in [0.1, 0.15) is 21.9 Å². The smallest absolute Gasteiger partial charge is 0.293 e. The minimum atomic E-state index is -0.520. The molecule has 10 heteroatoms. The van der Waals surface area contributed by atoms with Crippen LogP contribution in [0.2, 0.25) is 0 Å². The molecule has 4 aromatic rings. The molecule has 0 saturated carbocycles. The largest absolute Gasteiger partial charge is 0.374 e. The van der Waals surface area contributed by atoms with Crippen LogP contribution >= 0.6 is 0 Å². The lowest BCUT2D eigenvalue weighted by Crippen LogP contribution is -2.11. The molecule has 3 heterocycles. The number of aryl methyl sites for hydroxylation is 1. The summed E-state index contributed by atoms with van der Waals surface area (Å²) in [6.07, 6.45) is 6.42. The number of benzene rings is 1. The van der Waals surface area contributed by atoms with Gasteiger partial charge in [-0.2, -0.15) is 5.10 Å². The van der Waals surface area contributed by atoms with Gasteiger partial charge < -0.3 is 9.88 Å². The second-order valence-electron chi connectivity index (χ2n) is 6.07. The molecule has 0 bridgehead atoms. The summed E-state index contributed by atoms with van der Waals surface area (Å²) < 4.78 is 3.22. The Morgan fingerprint density at radius 1 is 1.18 bits per heavy atom. The number of nitro benzene ring substituents is 1. The molecule has 4 rings (SSSR count). The first-order valence-electron chi connectivity index (χ1n) is 8.36. The van der Waals surface area contributed by atoms with Crippen LogP contribution in [0.15, 0.2) is 55.1 Å². The number of carbonyl (C=O) groups is 1. The fraction of sp³-hybridized carbons (Fsp3) is 0.111. The molecule has 1 aromatic carbocycles. The Bertz CT molecular complexity index is 1190. The molecule has 3 aromatic heterocycles. The molecule has 0 amide bonds. The van der Waals surface area contributed by atoms with Crippen LogP contribution in [-0.4, -0.2) is 34.9 Å². The Hall–Kier alpha value is -4.08. The topological polar surface area (TPSA) is 120 Å². The van der Waals surface area contributed by atoms with E-state index in [0.717, 1.165) is 5.69 Å². The van der Waals surface area contributed by atoms with E-state index in [0.29, 0.717) is 17.9 Å². The van der Waals surface area contributed by atoms with Gasteiger partial charge in [-0.3, -0.25) is 14.9 Å². The zero-order valence-corrected chi connectivity index (χ0v) is 14.8. The van der Waals surface area contributed by atoms with Gasteiger partial charge in [-0.1, -0.05) is 0 Å². The summed E-state index contributed by atoms with van der Waals surface area (Å²) in [5.41, 5.74) is 1.79. The van der Waals surface area contributed by atoms with Gasteiger partial charge >= 0.3 is 0 Å². The van der Waals surface area contributed by atoms with Crippen LogP contribution < -0.4 is 5.32 Å². The second-order valence-corrected chi connectivity index (χ2v) is 6.07. The lowest BCUT2D eigenvalue weighted by Gasteiger charge is -2.09. The fourth-order valence-electron chi connectivity index (χ4n) is 2.89. The number of fused-ring (bicyclic) bond motifs is 1. The van der Waals surface area contributed by atoms with Crippen molar-refractivity contribution in [3.63, 3.8) is 0 Å². The van der Waals surface area contributed by atoms with Gasteiger partial charge in [-0.25, -0.2) is 14.5 Å². The number of aromatic nitrogens is 5. The first-order valence-corrected chi connectivity index (χ1v) is 8.36. The fourth-order valence-corrected chi connectivity index (χ4v) is 2.89. The maximum atomic E-state index is 12.6. The molecule has 1 N–H and O–H groups in total. The van der Waals surface area contributed by atoms with Gasteiger partial charge in [0.15, 0.2) is 11.5 Å². The maximum Gasteiger partial charge on any atom is 0.293 e. The summed E-state index contributed by atoms with van der Waals surface area (Å²) in [6.45, 7) is 0.300. The molecular weight excluding hydrogens is 362 g/mol. The molecule has 0 radical (unpaired) electrons. The zero-order chi connectivity index (χ0) is 19.7. The van der Waals surface area contributed by atoms with Crippen molar-refractivity contribution in [1.29, 1.82) is 0 Å². The van der Waals surface area contributed by atoms with Crippen molar-refractivity contribution in [3.05, 3.63) is 82.3 Å². The average Bonchev–Trinajstić information content (AvgIpc) is 3.34. The molecule has 0 unspecified atom stereocenters. The second kappa shape index (κ2) is 6.91. The van der Waals surface area contributed by atoms with Crippen molar-refractivity contribution < 1.29 is 9.72 Å². The molecule has 0 fully saturated rings. The minimum absolute atomic E-state index is 0.189. The Balaban J connectivity index is 1.62. The molecule has 0 aliphatic rings. The Morgan fingerprint density at radius 2 is 2.04 bits per heavy atom. The van der Waals surface area contributed by atoms with E-state index >= 15 is 0 Å². The van der Waals surface area contributed by atoms with Crippen LogP contribution in [0, 0.1) is 10.1 Å². The van der Waals surface area contributed by atoms with Crippen LogP contribution in [-0.2, 0) is 13.6 Å². The zero-order valence-electron chi connectivity index (χ0n) is 14.8. The van der Waals surface area contributed by atoms with E-state index in [9.17, 15) is 14.9 Å². The van der Waals surface area contributed by atoms with Gasteiger partial charge in [0.2, 0.25) is 5.78 Å². The van der Waals surface area contributed by atoms with Crippen LogP contribution in [0.25, 0.3) is 5.65 Å². The third-order valence-corrected chi connectivity index (χ3v) is 4.31. The van der Waals surface area contributed by atoms with Gasteiger partial charge in [-0.05, 0) is 18.2 Å². The van der Waals surface area contributed by atoms with E-state index in [-0.39, 0.29) is 22.9 Å². The van der Waals surface area contributed by atoms with Gasteiger partial charge in [0, 0.05) is 43.3 Å². The van der Waals surface area contributed by atoms with E-state index in [1.807, 2.05) is 0 Å². The molecular formula is C18H15N7O3. The van der Waals surface area contributed by atoms with Crippen molar-refractivity contribution in [2.75, 3.05) is 5.32 Å². The molecule has 0 atom stereocenters. The Labute approximate surface area is 158 Å². The maximum absolute atomic E-state index is 12.6. The van der Waals surface area contributed by atoms with Crippen molar-refractivity contribution >= 4 is 22.8 Å². The molecule has 0 saturated heterocycles. The predicted octanol–water partition coefficient (Wildman–Crippen LogP) is 2.21. The quantitative estimate of drug-likeness (QED) is 0.311. The van der Waals surface area contributed by atoms with Crippen LogP contribution in [0.3, 0.4) is 0 Å². The minimum Gasteiger partial charge on any atom is -0.374 e.